The second-order valence-corrected chi connectivity index (χ2v) is 16.1. The highest BCUT2D eigenvalue weighted by atomic mass is 16.5. The highest BCUT2D eigenvalue weighted by Crippen LogP contribution is 2.17. The van der Waals surface area contributed by atoms with Crippen LogP contribution in [0.1, 0.15) is 290 Å². The quantitative estimate of drug-likeness (QED) is 0.0470. The maximum Gasteiger partial charge on any atom is 0.305 e. The average Bonchev–Trinajstić information content (AvgIpc) is 3.11. The average molecular weight is 691 g/mol. The van der Waals surface area contributed by atoms with Crippen molar-refractivity contribution in [3.8, 4) is 0 Å². The Balaban J connectivity index is 3.14. The summed E-state index contributed by atoms with van der Waals surface area (Å²) in [7, 11) is 0. The summed E-state index contributed by atoms with van der Waals surface area (Å²) < 4.78 is 5.49. The normalized spacial score (nSPS) is 11.5. The minimum Gasteiger partial charge on any atom is -0.466 e. The first-order valence-corrected chi connectivity index (χ1v) is 23.5. The Morgan fingerprint density at radius 3 is 0.673 bits per heavy atom. The van der Waals surface area contributed by atoms with Crippen molar-refractivity contribution in [2.75, 3.05) is 6.61 Å². The monoisotopic (exact) mass is 691 g/mol. The molecule has 0 aromatic heterocycles. The summed E-state index contributed by atoms with van der Waals surface area (Å²) in [5, 5.41) is 0. The Labute approximate surface area is 311 Å². The molecule has 0 aromatic carbocycles. The van der Waals surface area contributed by atoms with Crippen LogP contribution in [-0.4, -0.2) is 12.6 Å². The van der Waals surface area contributed by atoms with Gasteiger partial charge in [0.25, 0.3) is 0 Å². The maximum absolute atomic E-state index is 12.0. The lowest BCUT2D eigenvalue weighted by molar-refractivity contribution is -0.143. The summed E-state index contributed by atoms with van der Waals surface area (Å²) in [6.45, 7) is 5.24. The van der Waals surface area contributed by atoms with Gasteiger partial charge in [0.2, 0.25) is 0 Å². The first-order valence-electron chi connectivity index (χ1n) is 23.5. The molecule has 2 nitrogen and oxygen atoms in total. The summed E-state index contributed by atoms with van der Waals surface area (Å²) in [4.78, 5) is 12.0. The van der Waals surface area contributed by atoms with Crippen molar-refractivity contribution in [1.29, 1.82) is 0 Å². The van der Waals surface area contributed by atoms with Crippen LogP contribution < -0.4 is 0 Å². The van der Waals surface area contributed by atoms with Crippen LogP contribution in [0.15, 0.2) is 0 Å². The molecule has 0 bridgehead atoms. The van der Waals surface area contributed by atoms with Gasteiger partial charge in [-0.05, 0) is 12.8 Å². The zero-order valence-corrected chi connectivity index (χ0v) is 34.4. The molecule has 0 fully saturated rings. The van der Waals surface area contributed by atoms with Gasteiger partial charge in [-0.2, -0.15) is 0 Å². The van der Waals surface area contributed by atoms with E-state index in [4.69, 9.17) is 4.74 Å². The van der Waals surface area contributed by atoms with Crippen molar-refractivity contribution in [2.45, 2.75) is 290 Å². The van der Waals surface area contributed by atoms with E-state index in [0.717, 1.165) is 12.8 Å². The van der Waals surface area contributed by atoms with E-state index in [-0.39, 0.29) is 5.97 Å². The first-order chi connectivity index (χ1) is 24.3. The molecule has 0 spiro atoms. The number of unbranched alkanes of at least 4 members (excludes halogenated alkanes) is 40. The van der Waals surface area contributed by atoms with E-state index in [2.05, 4.69) is 13.8 Å². The van der Waals surface area contributed by atoms with Gasteiger partial charge in [0.05, 0.1) is 6.61 Å². The topological polar surface area (TPSA) is 26.3 Å². The van der Waals surface area contributed by atoms with Crippen LogP contribution in [-0.2, 0) is 9.53 Å². The Hall–Kier alpha value is -0.530. The van der Waals surface area contributed by atoms with Gasteiger partial charge < -0.3 is 4.74 Å². The highest BCUT2D eigenvalue weighted by molar-refractivity contribution is 5.69. The molecule has 0 saturated heterocycles. The predicted octanol–water partition coefficient (Wildman–Crippen LogP) is 17.3. The van der Waals surface area contributed by atoms with Crippen molar-refractivity contribution in [3.63, 3.8) is 0 Å². The fourth-order valence-corrected chi connectivity index (χ4v) is 7.49. The van der Waals surface area contributed by atoms with E-state index in [0.29, 0.717) is 13.0 Å². The van der Waals surface area contributed by atoms with Crippen LogP contribution in [0.4, 0.5) is 0 Å². The Morgan fingerprint density at radius 1 is 0.265 bits per heavy atom. The van der Waals surface area contributed by atoms with Crippen LogP contribution in [0.3, 0.4) is 0 Å². The molecule has 294 valence electrons. The van der Waals surface area contributed by atoms with Crippen LogP contribution >= 0.6 is 0 Å². The molecule has 0 aromatic rings. The molecule has 0 aliphatic heterocycles. The van der Waals surface area contributed by atoms with Crippen molar-refractivity contribution in [1.82, 2.24) is 0 Å². The fourth-order valence-electron chi connectivity index (χ4n) is 7.49. The first kappa shape index (κ1) is 48.5. The van der Waals surface area contributed by atoms with E-state index in [1.807, 2.05) is 0 Å². The summed E-state index contributed by atoms with van der Waals surface area (Å²) >= 11 is 0. The van der Waals surface area contributed by atoms with Crippen LogP contribution in [0.5, 0.6) is 0 Å². The van der Waals surface area contributed by atoms with E-state index in [1.54, 1.807) is 0 Å². The van der Waals surface area contributed by atoms with Crippen molar-refractivity contribution < 1.29 is 9.53 Å². The number of esters is 1. The summed E-state index contributed by atoms with van der Waals surface area (Å²) in [5.41, 5.74) is 0. The van der Waals surface area contributed by atoms with Gasteiger partial charge in [0.1, 0.15) is 0 Å². The van der Waals surface area contributed by atoms with Gasteiger partial charge in [0, 0.05) is 6.42 Å². The summed E-state index contributed by atoms with van der Waals surface area (Å²) in [6, 6.07) is 0. The molecule has 0 radical (unpaired) electrons. The van der Waals surface area contributed by atoms with Crippen LogP contribution in [0.2, 0.25) is 0 Å². The predicted molar refractivity (Wildman–Crippen MR) is 221 cm³/mol. The Morgan fingerprint density at radius 2 is 0.449 bits per heavy atom. The molecule has 0 saturated carbocycles. The smallest absolute Gasteiger partial charge is 0.305 e. The molecule has 0 unspecified atom stereocenters. The SMILES string of the molecule is CCCCCCCCCCCCCCCCCCCCCCCCCC(=O)OCCCCCCCCCCCCCCCCCCCCC. The standard InChI is InChI=1S/C47H94O2/c1-3-5-7-9-11-13-15-17-19-21-23-24-25-26-27-29-31-33-35-37-39-41-43-45-47(48)49-46-44-42-40-38-36-34-32-30-28-22-20-18-16-14-12-10-8-6-4-2/h3-46H2,1-2H3. The third-order valence-corrected chi connectivity index (χ3v) is 11.0. The zero-order chi connectivity index (χ0) is 35.4. The van der Waals surface area contributed by atoms with Crippen molar-refractivity contribution in [3.05, 3.63) is 0 Å². The van der Waals surface area contributed by atoms with E-state index >= 15 is 0 Å². The van der Waals surface area contributed by atoms with Gasteiger partial charge >= 0.3 is 5.97 Å². The summed E-state index contributed by atoms with van der Waals surface area (Å²) in [5.74, 6) is 0.0332. The number of ether oxygens (including phenoxy) is 1. The molecule has 0 aliphatic carbocycles. The minimum atomic E-state index is 0.0332. The molecular weight excluding hydrogens is 597 g/mol. The Bertz CT molecular complexity index is 587. The van der Waals surface area contributed by atoms with E-state index in [9.17, 15) is 4.79 Å². The van der Waals surface area contributed by atoms with Gasteiger partial charge in [-0.3, -0.25) is 4.79 Å². The van der Waals surface area contributed by atoms with Gasteiger partial charge in [-0.25, -0.2) is 0 Å². The third kappa shape index (κ3) is 45.4. The number of hydrogen-bond acceptors (Lipinski definition) is 2. The van der Waals surface area contributed by atoms with E-state index in [1.165, 1.54) is 257 Å². The molecule has 49 heavy (non-hydrogen) atoms. The summed E-state index contributed by atoms with van der Waals surface area (Å²) in [6.07, 6.45) is 59.4. The van der Waals surface area contributed by atoms with Crippen LogP contribution in [0.25, 0.3) is 0 Å². The third-order valence-electron chi connectivity index (χ3n) is 11.0. The number of rotatable bonds is 44. The molecule has 0 amide bonds. The molecule has 0 heterocycles. The van der Waals surface area contributed by atoms with E-state index < -0.39 is 0 Å². The fraction of sp³-hybridized carbons (Fsp3) is 0.979. The largest absolute Gasteiger partial charge is 0.466 e. The molecular formula is C47H94O2. The van der Waals surface area contributed by atoms with Crippen molar-refractivity contribution >= 4 is 5.97 Å². The molecule has 0 N–H and O–H groups in total. The van der Waals surface area contributed by atoms with Gasteiger partial charge in [-0.1, -0.05) is 271 Å². The molecule has 0 aliphatic rings. The lowest BCUT2D eigenvalue weighted by Gasteiger charge is -2.06. The molecule has 2 heteroatoms. The highest BCUT2D eigenvalue weighted by Gasteiger charge is 2.03. The van der Waals surface area contributed by atoms with Crippen molar-refractivity contribution in [2.24, 2.45) is 0 Å². The number of carbonyl (C=O) groups excluding carboxylic acids is 1. The lowest BCUT2D eigenvalue weighted by Crippen LogP contribution is -2.05. The maximum atomic E-state index is 12.0. The zero-order valence-electron chi connectivity index (χ0n) is 34.4. The Kier molecular flexibility index (Phi) is 45.0. The van der Waals surface area contributed by atoms with Gasteiger partial charge in [-0.15, -0.1) is 0 Å². The number of hydrogen-bond donors (Lipinski definition) is 0. The lowest BCUT2D eigenvalue weighted by atomic mass is 10.0. The minimum absolute atomic E-state index is 0.0332. The number of carbonyl (C=O) groups is 1. The molecule has 0 atom stereocenters. The van der Waals surface area contributed by atoms with Gasteiger partial charge in [0.15, 0.2) is 0 Å². The second-order valence-electron chi connectivity index (χ2n) is 16.1. The van der Waals surface area contributed by atoms with Crippen LogP contribution in [0, 0.1) is 0 Å². The molecule has 0 rings (SSSR count). The second kappa shape index (κ2) is 45.5.